The van der Waals surface area contributed by atoms with Crippen molar-refractivity contribution in [2.45, 2.75) is 291 Å². The highest BCUT2D eigenvalue weighted by Crippen LogP contribution is 2.17. The molecule has 6 heteroatoms. The average molecular weight is 807 g/mol. The third-order valence-corrected chi connectivity index (χ3v) is 11.5. The van der Waals surface area contributed by atoms with Gasteiger partial charge in [0.25, 0.3) is 0 Å². The molecule has 0 spiro atoms. The number of carbonyl (C=O) groups is 3. The van der Waals surface area contributed by atoms with Gasteiger partial charge in [0.05, 0.1) is 0 Å². The lowest BCUT2D eigenvalue weighted by atomic mass is 10.0. The van der Waals surface area contributed by atoms with Gasteiger partial charge in [0.15, 0.2) is 6.10 Å². The lowest BCUT2D eigenvalue weighted by Crippen LogP contribution is -2.30. The quantitative estimate of drug-likeness (QED) is 0.0346. The first-order valence-corrected chi connectivity index (χ1v) is 25.4. The molecule has 0 amide bonds. The van der Waals surface area contributed by atoms with Crippen LogP contribution in [0.2, 0.25) is 0 Å². The first kappa shape index (κ1) is 55.4. The summed E-state index contributed by atoms with van der Waals surface area (Å²) in [5, 5.41) is 0. The summed E-state index contributed by atoms with van der Waals surface area (Å²) in [7, 11) is 0. The number of hydrogen-bond acceptors (Lipinski definition) is 6. The van der Waals surface area contributed by atoms with Crippen LogP contribution in [0.5, 0.6) is 0 Å². The molecule has 6 nitrogen and oxygen atoms in total. The van der Waals surface area contributed by atoms with Gasteiger partial charge in [-0.3, -0.25) is 14.4 Å². The second-order valence-electron chi connectivity index (χ2n) is 17.9. The fraction of sp³-hybridized carbons (Fsp3) is 0.941. The number of unbranched alkanes of at least 4 members (excludes halogenated alkanes) is 33. The molecule has 0 fully saturated rings. The van der Waals surface area contributed by atoms with Crippen molar-refractivity contribution in [3.63, 3.8) is 0 Å². The fourth-order valence-corrected chi connectivity index (χ4v) is 7.69. The van der Waals surface area contributed by atoms with Gasteiger partial charge in [-0.15, -0.1) is 0 Å². The van der Waals surface area contributed by atoms with Crippen LogP contribution in [0.1, 0.15) is 285 Å². The Labute approximate surface area is 355 Å². The Morgan fingerprint density at radius 3 is 0.860 bits per heavy atom. The molecule has 0 aromatic heterocycles. The molecule has 0 unspecified atom stereocenters. The Morgan fingerprint density at radius 1 is 0.333 bits per heavy atom. The van der Waals surface area contributed by atoms with Gasteiger partial charge in [0, 0.05) is 19.3 Å². The van der Waals surface area contributed by atoms with Crippen LogP contribution < -0.4 is 0 Å². The van der Waals surface area contributed by atoms with Gasteiger partial charge in [-0.1, -0.05) is 246 Å². The van der Waals surface area contributed by atoms with E-state index in [0.717, 1.165) is 63.7 Å². The van der Waals surface area contributed by atoms with E-state index in [1.807, 2.05) is 0 Å². The maximum Gasteiger partial charge on any atom is 0.306 e. The second-order valence-corrected chi connectivity index (χ2v) is 17.9. The van der Waals surface area contributed by atoms with E-state index in [1.54, 1.807) is 0 Å². The molecule has 1 atom stereocenters. The molecule has 0 aromatic carbocycles. The monoisotopic (exact) mass is 807 g/mol. The smallest absolute Gasteiger partial charge is 0.306 e. The summed E-state index contributed by atoms with van der Waals surface area (Å²) >= 11 is 0. The topological polar surface area (TPSA) is 78.9 Å². The van der Waals surface area contributed by atoms with Crippen molar-refractivity contribution < 1.29 is 28.6 Å². The maximum atomic E-state index is 12.7. The van der Waals surface area contributed by atoms with Gasteiger partial charge in [0.2, 0.25) is 0 Å². The first-order chi connectivity index (χ1) is 27.9. The molecule has 0 aromatic rings. The molecule has 57 heavy (non-hydrogen) atoms. The third kappa shape index (κ3) is 45.3. The Bertz CT molecular complexity index is 857. The molecule has 0 aliphatic heterocycles. The number of rotatable bonds is 46. The Morgan fingerprint density at radius 2 is 0.579 bits per heavy atom. The molecule has 0 radical (unpaired) electrons. The summed E-state index contributed by atoms with van der Waals surface area (Å²) in [6, 6.07) is 0. The molecule has 0 heterocycles. The molecule has 338 valence electrons. The normalized spacial score (nSPS) is 11.9. The highest BCUT2D eigenvalue weighted by atomic mass is 16.6. The van der Waals surface area contributed by atoms with Gasteiger partial charge >= 0.3 is 17.9 Å². The predicted molar refractivity (Wildman–Crippen MR) is 243 cm³/mol. The number of hydrogen-bond donors (Lipinski definition) is 0. The van der Waals surface area contributed by atoms with E-state index in [2.05, 4.69) is 27.7 Å². The summed E-state index contributed by atoms with van der Waals surface area (Å²) in [6.07, 6.45) is 46.7. The van der Waals surface area contributed by atoms with Crippen LogP contribution in [-0.2, 0) is 28.6 Å². The molecule has 0 rings (SSSR count). The van der Waals surface area contributed by atoms with Crippen molar-refractivity contribution in [1.29, 1.82) is 0 Å². The minimum atomic E-state index is -0.761. The van der Waals surface area contributed by atoms with E-state index in [4.69, 9.17) is 14.2 Å². The Balaban J connectivity index is 4.23. The van der Waals surface area contributed by atoms with Crippen molar-refractivity contribution >= 4 is 17.9 Å². The predicted octanol–water partition coefficient (Wildman–Crippen LogP) is 16.3. The zero-order chi connectivity index (χ0) is 41.7. The molecule has 0 aliphatic carbocycles. The number of esters is 3. The SMILES string of the molecule is CCCCCCCCCCCCCCCCCCCC(=O)OC[C@@H](COC(=O)CCCCCCCCCCCCCCC)OC(=O)CCCCCCCCC(C)C. The fourth-order valence-electron chi connectivity index (χ4n) is 7.69. The van der Waals surface area contributed by atoms with Gasteiger partial charge < -0.3 is 14.2 Å². The van der Waals surface area contributed by atoms with Crippen LogP contribution in [0, 0.1) is 5.92 Å². The molecule has 0 aliphatic rings. The summed E-state index contributed by atoms with van der Waals surface area (Å²) in [5.74, 6) is -0.0927. The van der Waals surface area contributed by atoms with Crippen LogP contribution in [0.25, 0.3) is 0 Å². The van der Waals surface area contributed by atoms with Crippen LogP contribution in [0.3, 0.4) is 0 Å². The molecule has 0 bridgehead atoms. The zero-order valence-corrected chi connectivity index (χ0v) is 38.8. The maximum absolute atomic E-state index is 12.7. The molecular weight excluding hydrogens is 709 g/mol. The summed E-state index contributed by atoms with van der Waals surface area (Å²) in [6.45, 7) is 8.95. The summed E-state index contributed by atoms with van der Waals surface area (Å²) in [4.78, 5) is 37.8. The second kappa shape index (κ2) is 45.5. The van der Waals surface area contributed by atoms with Gasteiger partial charge in [-0.2, -0.15) is 0 Å². The van der Waals surface area contributed by atoms with Crippen molar-refractivity contribution in [3.8, 4) is 0 Å². The van der Waals surface area contributed by atoms with Crippen molar-refractivity contribution in [1.82, 2.24) is 0 Å². The summed E-state index contributed by atoms with van der Waals surface area (Å²) < 4.78 is 16.8. The number of carbonyl (C=O) groups excluding carboxylic acids is 3. The molecule has 0 saturated heterocycles. The van der Waals surface area contributed by atoms with E-state index in [-0.39, 0.29) is 31.1 Å². The van der Waals surface area contributed by atoms with E-state index in [9.17, 15) is 14.4 Å². The van der Waals surface area contributed by atoms with E-state index >= 15 is 0 Å². The van der Waals surface area contributed by atoms with Crippen LogP contribution >= 0.6 is 0 Å². The van der Waals surface area contributed by atoms with Crippen LogP contribution in [0.4, 0.5) is 0 Å². The molecule has 0 saturated carbocycles. The zero-order valence-electron chi connectivity index (χ0n) is 38.8. The molecule has 0 N–H and O–H groups in total. The minimum absolute atomic E-state index is 0.0641. The highest BCUT2D eigenvalue weighted by molar-refractivity contribution is 5.71. The van der Waals surface area contributed by atoms with Crippen molar-refractivity contribution in [3.05, 3.63) is 0 Å². The van der Waals surface area contributed by atoms with E-state index in [1.165, 1.54) is 180 Å². The van der Waals surface area contributed by atoms with Crippen molar-refractivity contribution in [2.75, 3.05) is 13.2 Å². The first-order valence-electron chi connectivity index (χ1n) is 25.4. The Kier molecular flexibility index (Phi) is 44.2. The Hall–Kier alpha value is -1.59. The largest absolute Gasteiger partial charge is 0.462 e. The minimum Gasteiger partial charge on any atom is -0.462 e. The van der Waals surface area contributed by atoms with E-state index < -0.39 is 6.10 Å². The van der Waals surface area contributed by atoms with Gasteiger partial charge in [-0.05, 0) is 25.2 Å². The lowest BCUT2D eigenvalue weighted by molar-refractivity contribution is -0.167. The van der Waals surface area contributed by atoms with Crippen LogP contribution in [0.15, 0.2) is 0 Å². The summed E-state index contributed by atoms with van der Waals surface area (Å²) in [5.41, 5.74) is 0. The van der Waals surface area contributed by atoms with Gasteiger partial charge in [0.1, 0.15) is 13.2 Å². The molecular formula is C51H98O6. The highest BCUT2D eigenvalue weighted by Gasteiger charge is 2.19. The van der Waals surface area contributed by atoms with Crippen LogP contribution in [-0.4, -0.2) is 37.2 Å². The number of ether oxygens (including phenoxy) is 3. The van der Waals surface area contributed by atoms with E-state index in [0.29, 0.717) is 19.3 Å². The van der Waals surface area contributed by atoms with Gasteiger partial charge in [-0.25, -0.2) is 0 Å². The lowest BCUT2D eigenvalue weighted by Gasteiger charge is -2.18. The standard InChI is InChI=1S/C51H98O6/c1-5-7-9-11-13-15-17-19-20-21-22-24-26-28-30-35-39-43-50(53)56-46-48(57-51(54)44-40-36-32-31-33-37-41-47(3)4)45-55-49(52)42-38-34-29-27-25-23-18-16-14-12-10-8-6-2/h47-48H,5-46H2,1-4H3/t48-/m1/s1. The average Bonchev–Trinajstić information content (AvgIpc) is 3.19. The third-order valence-electron chi connectivity index (χ3n) is 11.5. The van der Waals surface area contributed by atoms with Crippen molar-refractivity contribution in [2.24, 2.45) is 5.92 Å².